The van der Waals surface area contributed by atoms with Crippen molar-refractivity contribution in [3.05, 3.63) is 35.9 Å². The van der Waals surface area contributed by atoms with E-state index in [1.807, 2.05) is 51.1 Å². The molecule has 0 aliphatic rings. The summed E-state index contributed by atoms with van der Waals surface area (Å²) in [5, 5.41) is 0. The van der Waals surface area contributed by atoms with Crippen molar-refractivity contribution in [3.8, 4) is 0 Å². The van der Waals surface area contributed by atoms with Crippen LogP contribution in [0.3, 0.4) is 0 Å². The molecule has 114 valence electrons. The summed E-state index contributed by atoms with van der Waals surface area (Å²) in [6, 6.07) is 9.95. The average molecular weight is 300 g/mol. The number of rotatable bonds is 8. The molecule has 0 bridgehead atoms. The van der Waals surface area contributed by atoms with Gasteiger partial charge in [-0.05, 0) is 19.4 Å². The van der Waals surface area contributed by atoms with E-state index in [0.29, 0.717) is 13.2 Å². The second-order valence-electron chi connectivity index (χ2n) is 5.20. The second kappa shape index (κ2) is 7.37. The Morgan fingerprint density at radius 3 is 2.25 bits per heavy atom. The maximum atomic E-state index is 12.9. The third-order valence-electron chi connectivity index (χ3n) is 3.62. The van der Waals surface area contributed by atoms with Gasteiger partial charge in [0.05, 0.1) is 18.9 Å². The van der Waals surface area contributed by atoms with Crippen LogP contribution in [0.1, 0.15) is 40.2 Å². The third-order valence-corrected chi connectivity index (χ3v) is 6.15. The summed E-state index contributed by atoms with van der Waals surface area (Å²) in [7, 11) is -3.34. The van der Waals surface area contributed by atoms with Gasteiger partial charge in [0.15, 0.2) is 0 Å². The molecule has 0 aromatic heterocycles. The zero-order valence-electron chi connectivity index (χ0n) is 13.0. The zero-order valence-corrected chi connectivity index (χ0v) is 13.9. The predicted molar refractivity (Wildman–Crippen MR) is 80.9 cm³/mol. The van der Waals surface area contributed by atoms with Crippen molar-refractivity contribution in [2.24, 2.45) is 0 Å². The van der Waals surface area contributed by atoms with Crippen molar-refractivity contribution < 1.29 is 18.7 Å². The van der Waals surface area contributed by atoms with Crippen molar-refractivity contribution in [2.75, 3.05) is 13.2 Å². The van der Waals surface area contributed by atoms with Crippen LogP contribution in [0.15, 0.2) is 30.3 Å². The fraction of sp³-hybridized carbons (Fsp3) is 0.600. The molecular weight excluding hydrogens is 275 g/mol. The topological polar surface area (TPSA) is 44.8 Å². The lowest BCUT2D eigenvalue weighted by molar-refractivity contribution is -0.212. The summed E-state index contributed by atoms with van der Waals surface area (Å²) in [5.41, 5.74) is 0.403. The van der Waals surface area contributed by atoms with E-state index in [9.17, 15) is 4.57 Å². The highest BCUT2D eigenvalue weighted by Gasteiger charge is 2.44. The molecule has 20 heavy (non-hydrogen) atoms. The number of hydrogen-bond donors (Lipinski definition) is 0. The quantitative estimate of drug-likeness (QED) is 0.401. The smallest absolute Gasteiger partial charge is 0.307 e. The highest BCUT2D eigenvalue weighted by Crippen LogP contribution is 2.58. The average Bonchev–Trinajstić information content (AvgIpc) is 2.45. The van der Waals surface area contributed by atoms with Crippen molar-refractivity contribution >= 4 is 7.60 Å². The van der Waals surface area contributed by atoms with Crippen LogP contribution in [0.25, 0.3) is 0 Å². The van der Waals surface area contributed by atoms with Crippen LogP contribution in [0.2, 0.25) is 0 Å². The molecule has 5 heteroatoms. The van der Waals surface area contributed by atoms with Gasteiger partial charge in [-0.25, -0.2) is 4.89 Å². The van der Waals surface area contributed by atoms with E-state index >= 15 is 0 Å². The van der Waals surface area contributed by atoms with Gasteiger partial charge in [0.2, 0.25) is 0 Å². The summed E-state index contributed by atoms with van der Waals surface area (Å²) < 4.78 is 23.5. The molecule has 1 aromatic rings. The van der Waals surface area contributed by atoms with Gasteiger partial charge in [-0.3, -0.25) is 4.57 Å². The molecule has 2 unspecified atom stereocenters. The molecule has 1 aromatic carbocycles. The van der Waals surface area contributed by atoms with Crippen LogP contribution in [0.4, 0.5) is 0 Å². The summed E-state index contributed by atoms with van der Waals surface area (Å²) in [5.74, 6) is 0. The second-order valence-corrected chi connectivity index (χ2v) is 7.46. The first-order valence-corrected chi connectivity index (χ1v) is 8.60. The Hall–Kier alpha value is -0.670. The van der Waals surface area contributed by atoms with Crippen LogP contribution < -0.4 is 0 Å². The van der Waals surface area contributed by atoms with Gasteiger partial charge < -0.3 is 4.52 Å². The molecule has 0 radical (unpaired) electrons. The minimum absolute atomic E-state index is 0.319. The Bertz CT molecular complexity index is 444. The van der Waals surface area contributed by atoms with Crippen LogP contribution in [0, 0.1) is 0 Å². The van der Waals surface area contributed by atoms with Crippen molar-refractivity contribution in [1.29, 1.82) is 0 Å². The van der Waals surface area contributed by atoms with Crippen LogP contribution in [-0.4, -0.2) is 18.9 Å². The first-order chi connectivity index (χ1) is 9.38. The summed E-state index contributed by atoms with van der Waals surface area (Å²) in [6.07, 6.45) is 0. The first-order valence-electron chi connectivity index (χ1n) is 6.99. The molecular formula is C15H25O4P. The van der Waals surface area contributed by atoms with E-state index < -0.39 is 7.60 Å². The molecule has 0 fully saturated rings. The van der Waals surface area contributed by atoms with Gasteiger partial charge in [-0.2, -0.15) is 0 Å². The first kappa shape index (κ1) is 17.4. The van der Waals surface area contributed by atoms with Gasteiger partial charge in [-0.15, -0.1) is 4.67 Å². The fourth-order valence-corrected chi connectivity index (χ4v) is 3.96. The standard InChI is InChI=1S/C15H25O4P/c1-6-17-19-20(16,18-7-2)13(3)15(4,5)14-11-9-8-10-12-14/h8-13H,6-7H2,1-5H3. The molecule has 0 saturated carbocycles. The Morgan fingerprint density at radius 2 is 1.75 bits per heavy atom. The van der Waals surface area contributed by atoms with Gasteiger partial charge in [0, 0.05) is 5.41 Å². The SMILES string of the molecule is CCOOP(=O)(OCC)C(C)C(C)(C)c1ccccc1. The largest absolute Gasteiger partial charge is 0.361 e. The van der Waals surface area contributed by atoms with E-state index in [0.717, 1.165) is 5.56 Å². The van der Waals surface area contributed by atoms with Crippen molar-refractivity contribution in [3.63, 3.8) is 0 Å². The highest BCUT2D eigenvalue weighted by molar-refractivity contribution is 7.54. The Kier molecular flexibility index (Phi) is 6.41. The number of hydrogen-bond acceptors (Lipinski definition) is 4. The van der Waals surface area contributed by atoms with Gasteiger partial charge >= 0.3 is 7.60 Å². The van der Waals surface area contributed by atoms with Crippen LogP contribution >= 0.6 is 7.60 Å². The molecule has 0 aliphatic carbocycles. The predicted octanol–water partition coefficient (Wildman–Crippen LogP) is 4.55. The molecule has 0 spiro atoms. The maximum Gasteiger partial charge on any atom is 0.361 e. The summed E-state index contributed by atoms with van der Waals surface area (Å²) in [4.78, 5) is 4.92. The van der Waals surface area contributed by atoms with E-state index in [2.05, 4.69) is 0 Å². The molecule has 0 heterocycles. The zero-order chi connectivity index (χ0) is 15.2. The van der Waals surface area contributed by atoms with E-state index in [1.54, 1.807) is 13.8 Å². The Balaban J connectivity index is 3.04. The van der Waals surface area contributed by atoms with Crippen molar-refractivity contribution in [1.82, 2.24) is 0 Å². The van der Waals surface area contributed by atoms with E-state index in [4.69, 9.17) is 14.1 Å². The molecule has 0 saturated heterocycles. The minimum atomic E-state index is -3.34. The van der Waals surface area contributed by atoms with Gasteiger partial charge in [-0.1, -0.05) is 51.1 Å². The number of benzene rings is 1. The molecule has 0 aliphatic heterocycles. The van der Waals surface area contributed by atoms with E-state index in [-0.39, 0.29) is 11.1 Å². The van der Waals surface area contributed by atoms with E-state index in [1.165, 1.54) is 0 Å². The van der Waals surface area contributed by atoms with Gasteiger partial charge in [0.1, 0.15) is 0 Å². The van der Waals surface area contributed by atoms with Crippen molar-refractivity contribution in [2.45, 2.75) is 45.7 Å². The minimum Gasteiger partial charge on any atom is -0.307 e. The monoisotopic (exact) mass is 300 g/mol. The van der Waals surface area contributed by atoms with Crippen LogP contribution in [0.5, 0.6) is 0 Å². The molecule has 0 amide bonds. The molecule has 2 atom stereocenters. The van der Waals surface area contributed by atoms with Crippen LogP contribution in [-0.2, 0) is 24.1 Å². The third kappa shape index (κ3) is 3.92. The lowest BCUT2D eigenvalue weighted by atomic mass is 9.82. The molecule has 4 nitrogen and oxygen atoms in total. The molecule has 1 rings (SSSR count). The normalized spacial score (nSPS) is 16.6. The van der Waals surface area contributed by atoms with Gasteiger partial charge in [0.25, 0.3) is 0 Å². The Labute approximate surface area is 121 Å². The Morgan fingerprint density at radius 1 is 1.15 bits per heavy atom. The maximum absolute atomic E-state index is 12.9. The summed E-state index contributed by atoms with van der Waals surface area (Å²) >= 11 is 0. The lowest BCUT2D eigenvalue weighted by Gasteiger charge is -2.35. The fourth-order valence-electron chi connectivity index (χ4n) is 2.01. The lowest BCUT2D eigenvalue weighted by Crippen LogP contribution is -2.32. The highest BCUT2D eigenvalue weighted by atomic mass is 31.2. The summed E-state index contributed by atoms with van der Waals surface area (Å²) in [6.45, 7) is 10.2. The molecule has 0 N–H and O–H groups in total.